The molecule has 0 saturated carbocycles. The number of carbonyl (C=O) groups excluding carboxylic acids is 1. The monoisotopic (exact) mass is 440 g/mol. The molecular weight excluding hydrogens is 422 g/mol. The highest BCUT2D eigenvalue weighted by atomic mass is 19.1. The number of para-hydroxylation sites is 1. The Labute approximate surface area is 188 Å². The fourth-order valence-electron chi connectivity index (χ4n) is 3.77. The van der Waals surface area contributed by atoms with Gasteiger partial charge in [-0.2, -0.15) is 5.10 Å². The average Bonchev–Trinajstić information content (AvgIpc) is 3.20. The largest absolute Gasteiger partial charge is 0.322 e. The lowest BCUT2D eigenvalue weighted by molar-refractivity contribution is 0.102. The molecule has 0 unspecified atom stereocenters. The second kappa shape index (κ2) is 8.27. The Bertz CT molecular complexity index is 1490. The number of nitrogens with zero attached hydrogens (tertiary/aromatic N) is 3. The molecule has 0 fully saturated rings. The molecule has 0 spiro atoms. The Morgan fingerprint density at radius 2 is 1.70 bits per heavy atom. The molecule has 2 heterocycles. The van der Waals surface area contributed by atoms with Crippen LogP contribution in [0.3, 0.4) is 0 Å². The van der Waals surface area contributed by atoms with Crippen molar-refractivity contribution in [2.75, 3.05) is 5.32 Å². The van der Waals surface area contributed by atoms with Gasteiger partial charge in [0.25, 0.3) is 5.91 Å². The lowest BCUT2D eigenvalue weighted by atomic mass is 10.0. The Hall–Kier alpha value is -4.39. The summed E-state index contributed by atoms with van der Waals surface area (Å²) in [5, 5.41) is 7.87. The van der Waals surface area contributed by atoms with Gasteiger partial charge in [-0.3, -0.25) is 4.79 Å². The minimum absolute atomic E-state index is 0.325. The van der Waals surface area contributed by atoms with Crippen LogP contribution in [0.25, 0.3) is 27.8 Å². The highest BCUT2D eigenvalue weighted by Gasteiger charge is 2.17. The van der Waals surface area contributed by atoms with Gasteiger partial charge in [-0.05, 0) is 61.5 Å². The second-order valence-electron chi connectivity index (χ2n) is 7.57. The second-order valence-corrected chi connectivity index (χ2v) is 7.57. The highest BCUT2D eigenvalue weighted by Crippen LogP contribution is 2.29. The molecule has 1 amide bonds. The summed E-state index contributed by atoms with van der Waals surface area (Å²) < 4.78 is 28.6. The molecule has 1 N–H and O–H groups in total. The average molecular weight is 440 g/mol. The quantitative estimate of drug-likeness (QED) is 0.377. The number of benzene rings is 3. The summed E-state index contributed by atoms with van der Waals surface area (Å²) in [6, 6.07) is 20.8. The summed E-state index contributed by atoms with van der Waals surface area (Å²) in [5.41, 5.74) is 4.24. The SMILES string of the molecule is Cc1c(-c2cc(C(=O)Nc3cccc(F)c3)c3ccccc3n2)cnn1-c1ccc(F)cc1. The zero-order valence-electron chi connectivity index (χ0n) is 17.6. The van der Waals surface area contributed by atoms with Gasteiger partial charge in [0, 0.05) is 16.6 Å². The van der Waals surface area contributed by atoms with E-state index in [1.165, 1.54) is 30.3 Å². The van der Waals surface area contributed by atoms with Gasteiger partial charge in [0.05, 0.1) is 34.4 Å². The van der Waals surface area contributed by atoms with Crippen molar-refractivity contribution >= 4 is 22.5 Å². The van der Waals surface area contributed by atoms with E-state index in [0.29, 0.717) is 33.5 Å². The predicted molar refractivity (Wildman–Crippen MR) is 123 cm³/mol. The number of nitrogens with one attached hydrogen (secondary N) is 1. The molecular formula is C26H18F2N4O. The van der Waals surface area contributed by atoms with Crippen LogP contribution in [0.4, 0.5) is 14.5 Å². The van der Waals surface area contributed by atoms with E-state index in [-0.39, 0.29) is 11.7 Å². The van der Waals surface area contributed by atoms with E-state index >= 15 is 0 Å². The number of rotatable bonds is 4. The van der Waals surface area contributed by atoms with E-state index in [1.807, 2.05) is 31.2 Å². The van der Waals surface area contributed by atoms with Crippen molar-refractivity contribution in [2.45, 2.75) is 6.92 Å². The van der Waals surface area contributed by atoms with Gasteiger partial charge in [-0.1, -0.05) is 24.3 Å². The summed E-state index contributed by atoms with van der Waals surface area (Å²) >= 11 is 0. The third kappa shape index (κ3) is 3.96. The molecule has 0 aliphatic heterocycles. The maximum absolute atomic E-state index is 13.6. The maximum Gasteiger partial charge on any atom is 0.256 e. The van der Waals surface area contributed by atoms with Gasteiger partial charge in [-0.25, -0.2) is 18.4 Å². The van der Waals surface area contributed by atoms with Crippen LogP contribution in [0, 0.1) is 18.6 Å². The summed E-state index contributed by atoms with van der Waals surface area (Å²) in [6.07, 6.45) is 1.67. The Morgan fingerprint density at radius 3 is 2.48 bits per heavy atom. The van der Waals surface area contributed by atoms with Crippen LogP contribution in [0.15, 0.2) is 85.1 Å². The van der Waals surface area contributed by atoms with Gasteiger partial charge < -0.3 is 5.32 Å². The van der Waals surface area contributed by atoms with Crippen molar-refractivity contribution in [2.24, 2.45) is 0 Å². The number of hydrogen-bond donors (Lipinski definition) is 1. The Balaban J connectivity index is 1.59. The first kappa shape index (κ1) is 20.5. The molecule has 162 valence electrons. The third-order valence-corrected chi connectivity index (χ3v) is 5.40. The van der Waals surface area contributed by atoms with Crippen LogP contribution in [0.5, 0.6) is 0 Å². The van der Waals surface area contributed by atoms with E-state index < -0.39 is 5.82 Å². The molecule has 5 aromatic rings. The summed E-state index contributed by atoms with van der Waals surface area (Å²) in [5.74, 6) is -1.13. The van der Waals surface area contributed by atoms with E-state index in [4.69, 9.17) is 4.98 Å². The number of hydrogen-bond acceptors (Lipinski definition) is 3. The van der Waals surface area contributed by atoms with Crippen molar-refractivity contribution in [3.63, 3.8) is 0 Å². The van der Waals surface area contributed by atoms with Crippen LogP contribution >= 0.6 is 0 Å². The lowest BCUT2D eigenvalue weighted by Crippen LogP contribution is -2.13. The van der Waals surface area contributed by atoms with Crippen LogP contribution < -0.4 is 5.32 Å². The first-order chi connectivity index (χ1) is 16.0. The van der Waals surface area contributed by atoms with E-state index in [1.54, 1.807) is 35.1 Å². The zero-order chi connectivity index (χ0) is 22.9. The van der Waals surface area contributed by atoms with E-state index in [9.17, 15) is 13.6 Å². The number of fused-ring (bicyclic) bond motifs is 1. The summed E-state index contributed by atoms with van der Waals surface area (Å²) in [4.78, 5) is 17.9. The van der Waals surface area contributed by atoms with Crippen molar-refractivity contribution in [1.82, 2.24) is 14.8 Å². The minimum Gasteiger partial charge on any atom is -0.322 e. The smallest absolute Gasteiger partial charge is 0.256 e. The Morgan fingerprint density at radius 1 is 0.909 bits per heavy atom. The van der Waals surface area contributed by atoms with Crippen LogP contribution in [-0.2, 0) is 0 Å². The van der Waals surface area contributed by atoms with Crippen molar-refractivity contribution in [1.29, 1.82) is 0 Å². The van der Waals surface area contributed by atoms with Crippen molar-refractivity contribution in [3.8, 4) is 16.9 Å². The van der Waals surface area contributed by atoms with E-state index in [2.05, 4.69) is 10.4 Å². The molecule has 5 rings (SSSR count). The first-order valence-corrected chi connectivity index (χ1v) is 10.3. The van der Waals surface area contributed by atoms with Gasteiger partial charge in [0.2, 0.25) is 0 Å². The molecule has 2 aromatic heterocycles. The molecule has 0 saturated heterocycles. The molecule has 3 aromatic carbocycles. The third-order valence-electron chi connectivity index (χ3n) is 5.40. The number of aromatic nitrogens is 3. The van der Waals surface area contributed by atoms with Gasteiger partial charge in [0.15, 0.2) is 0 Å². The number of halogens is 2. The normalized spacial score (nSPS) is 11.0. The zero-order valence-corrected chi connectivity index (χ0v) is 17.6. The van der Waals surface area contributed by atoms with Crippen LogP contribution in [0.1, 0.15) is 16.1 Å². The van der Waals surface area contributed by atoms with Crippen LogP contribution in [-0.4, -0.2) is 20.7 Å². The van der Waals surface area contributed by atoms with Gasteiger partial charge in [-0.15, -0.1) is 0 Å². The Kier molecular flexibility index (Phi) is 5.14. The standard InChI is InChI=1S/C26H18F2N4O/c1-16-23(15-29-32(16)20-11-9-17(27)10-12-20)25-14-22(21-7-2-3-8-24(21)31-25)26(33)30-19-6-4-5-18(28)13-19/h2-15H,1H3,(H,30,33). The molecule has 0 bridgehead atoms. The number of carbonyl (C=O) groups is 1. The first-order valence-electron chi connectivity index (χ1n) is 10.3. The van der Waals surface area contributed by atoms with Crippen molar-refractivity contribution < 1.29 is 13.6 Å². The van der Waals surface area contributed by atoms with Crippen LogP contribution in [0.2, 0.25) is 0 Å². The lowest BCUT2D eigenvalue weighted by Gasteiger charge is -2.11. The number of amides is 1. The fourth-order valence-corrected chi connectivity index (χ4v) is 3.77. The molecule has 33 heavy (non-hydrogen) atoms. The molecule has 0 radical (unpaired) electrons. The minimum atomic E-state index is -0.433. The maximum atomic E-state index is 13.6. The van der Waals surface area contributed by atoms with E-state index in [0.717, 1.165) is 11.3 Å². The summed E-state index contributed by atoms with van der Waals surface area (Å²) in [7, 11) is 0. The molecule has 7 heteroatoms. The molecule has 5 nitrogen and oxygen atoms in total. The highest BCUT2D eigenvalue weighted by molar-refractivity contribution is 6.13. The molecule has 0 atom stereocenters. The summed E-state index contributed by atoms with van der Waals surface area (Å²) in [6.45, 7) is 1.88. The van der Waals surface area contributed by atoms with Gasteiger partial charge >= 0.3 is 0 Å². The molecule has 0 aliphatic carbocycles. The van der Waals surface area contributed by atoms with Crippen molar-refractivity contribution in [3.05, 3.63) is 108 Å². The predicted octanol–water partition coefficient (Wildman–Crippen LogP) is 5.93. The van der Waals surface area contributed by atoms with Gasteiger partial charge in [0.1, 0.15) is 11.6 Å². The fraction of sp³-hybridized carbons (Fsp3) is 0.0385. The topological polar surface area (TPSA) is 59.8 Å². The number of pyridine rings is 1. The number of anilines is 1. The molecule has 0 aliphatic rings.